The second-order valence-corrected chi connectivity index (χ2v) is 5.68. The lowest BCUT2D eigenvalue weighted by Gasteiger charge is -2.20. The van der Waals surface area contributed by atoms with Crippen LogP contribution in [0.1, 0.15) is 50.4 Å². The van der Waals surface area contributed by atoms with Crippen LogP contribution in [0, 0.1) is 6.92 Å². The molecule has 1 aromatic heterocycles. The van der Waals surface area contributed by atoms with Crippen LogP contribution in [0.3, 0.4) is 0 Å². The van der Waals surface area contributed by atoms with Crippen LogP contribution in [0.25, 0.3) is 0 Å². The Morgan fingerprint density at radius 2 is 1.90 bits per heavy atom. The topological polar surface area (TPSA) is 79.1 Å². The molecule has 1 heterocycles. The van der Waals surface area contributed by atoms with Gasteiger partial charge in [0.25, 0.3) is 0 Å². The van der Waals surface area contributed by atoms with Gasteiger partial charge in [-0.1, -0.05) is 13.8 Å². The van der Waals surface area contributed by atoms with E-state index in [0.29, 0.717) is 5.92 Å². The highest BCUT2D eigenvalue weighted by Crippen LogP contribution is 2.39. The van der Waals surface area contributed by atoms with E-state index in [1.165, 1.54) is 19.3 Å². The van der Waals surface area contributed by atoms with Crippen LogP contribution >= 0.6 is 0 Å². The molecule has 0 amide bonds. The number of nitrogen functional groups attached to an aromatic ring is 1. The molecule has 118 valence electrons. The second kappa shape index (κ2) is 7.56. The van der Waals surface area contributed by atoms with Gasteiger partial charge in [0, 0.05) is 24.6 Å². The van der Waals surface area contributed by atoms with Crippen LogP contribution in [-0.2, 0) is 0 Å². The van der Waals surface area contributed by atoms with Gasteiger partial charge in [-0.05, 0) is 39.3 Å². The van der Waals surface area contributed by atoms with Crippen molar-refractivity contribution in [3.63, 3.8) is 0 Å². The summed E-state index contributed by atoms with van der Waals surface area (Å²) in [6, 6.07) is 0. The second-order valence-electron chi connectivity index (χ2n) is 5.68. The van der Waals surface area contributed by atoms with Crippen LogP contribution in [0.2, 0.25) is 0 Å². The van der Waals surface area contributed by atoms with Crippen molar-refractivity contribution in [3.8, 4) is 0 Å². The highest BCUT2D eigenvalue weighted by molar-refractivity contribution is 5.57. The lowest BCUT2D eigenvalue weighted by Crippen LogP contribution is -2.30. The van der Waals surface area contributed by atoms with Crippen LogP contribution < -0.4 is 16.6 Å². The summed E-state index contributed by atoms with van der Waals surface area (Å²) in [5.74, 6) is 8.64. The third kappa shape index (κ3) is 4.28. The van der Waals surface area contributed by atoms with Gasteiger partial charge in [0.15, 0.2) is 0 Å². The Balaban J connectivity index is 1.99. The van der Waals surface area contributed by atoms with Crippen LogP contribution in [0.4, 0.5) is 11.6 Å². The number of aromatic nitrogens is 2. The van der Waals surface area contributed by atoms with Crippen molar-refractivity contribution in [1.82, 2.24) is 14.9 Å². The molecule has 2 rings (SSSR count). The Kier molecular flexibility index (Phi) is 5.76. The van der Waals surface area contributed by atoms with Crippen molar-refractivity contribution in [3.05, 3.63) is 11.4 Å². The maximum Gasteiger partial charge on any atom is 0.148 e. The van der Waals surface area contributed by atoms with E-state index in [1.807, 2.05) is 6.92 Å². The van der Waals surface area contributed by atoms with Crippen LogP contribution in [0.5, 0.6) is 0 Å². The van der Waals surface area contributed by atoms with E-state index in [1.54, 1.807) is 0 Å². The Labute approximate surface area is 127 Å². The predicted octanol–water partition coefficient (Wildman–Crippen LogP) is 2.09. The molecule has 0 aromatic carbocycles. The number of hydrazine groups is 1. The van der Waals surface area contributed by atoms with E-state index in [2.05, 4.69) is 39.5 Å². The summed E-state index contributed by atoms with van der Waals surface area (Å²) in [4.78, 5) is 11.6. The molecule has 0 spiro atoms. The molecule has 6 heteroatoms. The SMILES string of the molecule is CCCN(CC)CCNc1nc(C2CC2)nc(NN)c1C. The van der Waals surface area contributed by atoms with Crippen molar-refractivity contribution in [2.75, 3.05) is 36.9 Å². The summed E-state index contributed by atoms with van der Waals surface area (Å²) in [6.45, 7) is 10.6. The third-order valence-electron chi connectivity index (χ3n) is 3.95. The number of nitrogens with two attached hydrogens (primary N) is 1. The summed E-state index contributed by atoms with van der Waals surface area (Å²) < 4.78 is 0. The lowest BCUT2D eigenvalue weighted by molar-refractivity contribution is 0.300. The van der Waals surface area contributed by atoms with E-state index in [9.17, 15) is 0 Å². The molecule has 1 aliphatic carbocycles. The van der Waals surface area contributed by atoms with E-state index < -0.39 is 0 Å². The van der Waals surface area contributed by atoms with Gasteiger partial charge in [-0.3, -0.25) is 0 Å². The summed E-state index contributed by atoms with van der Waals surface area (Å²) in [5, 5.41) is 3.45. The van der Waals surface area contributed by atoms with Gasteiger partial charge >= 0.3 is 0 Å². The number of nitrogens with one attached hydrogen (secondary N) is 2. The van der Waals surface area contributed by atoms with Crippen molar-refractivity contribution < 1.29 is 0 Å². The number of anilines is 2. The summed E-state index contributed by atoms with van der Waals surface area (Å²) >= 11 is 0. The van der Waals surface area contributed by atoms with Crippen LogP contribution in [-0.4, -0.2) is 41.0 Å². The summed E-state index contributed by atoms with van der Waals surface area (Å²) in [5.41, 5.74) is 3.67. The van der Waals surface area contributed by atoms with E-state index in [4.69, 9.17) is 5.84 Å². The molecular formula is C15H28N6. The number of rotatable bonds is 9. The standard InChI is InChI=1S/C15H28N6/c1-4-9-21(5-2)10-8-17-13-11(3)14(20-16)19-15(18-13)12-6-7-12/h12H,4-10,16H2,1-3H3,(H2,17,18,19,20). The highest BCUT2D eigenvalue weighted by atomic mass is 15.3. The van der Waals surface area contributed by atoms with Crippen molar-refractivity contribution >= 4 is 11.6 Å². The molecule has 0 radical (unpaired) electrons. The number of hydrogen-bond acceptors (Lipinski definition) is 6. The van der Waals surface area contributed by atoms with Gasteiger partial charge in [-0.15, -0.1) is 0 Å². The van der Waals surface area contributed by atoms with Gasteiger partial charge in [0.1, 0.15) is 17.5 Å². The third-order valence-corrected chi connectivity index (χ3v) is 3.95. The molecule has 0 saturated heterocycles. The Morgan fingerprint density at radius 1 is 1.19 bits per heavy atom. The molecule has 21 heavy (non-hydrogen) atoms. The smallest absolute Gasteiger partial charge is 0.148 e. The average molecular weight is 292 g/mol. The van der Waals surface area contributed by atoms with Crippen LogP contribution in [0.15, 0.2) is 0 Å². The van der Waals surface area contributed by atoms with Crippen molar-refractivity contribution in [2.24, 2.45) is 5.84 Å². The van der Waals surface area contributed by atoms with Crippen molar-refractivity contribution in [1.29, 1.82) is 0 Å². The van der Waals surface area contributed by atoms with Gasteiger partial charge in [-0.2, -0.15) is 0 Å². The van der Waals surface area contributed by atoms with Crippen molar-refractivity contribution in [2.45, 2.75) is 46.0 Å². The first-order chi connectivity index (χ1) is 10.2. The zero-order chi connectivity index (χ0) is 15.2. The first-order valence-electron chi connectivity index (χ1n) is 8.00. The van der Waals surface area contributed by atoms with Gasteiger partial charge in [0.2, 0.25) is 0 Å². The molecule has 4 N–H and O–H groups in total. The minimum absolute atomic E-state index is 0.519. The predicted molar refractivity (Wildman–Crippen MR) is 87.4 cm³/mol. The van der Waals surface area contributed by atoms with E-state index in [0.717, 1.165) is 49.2 Å². The summed E-state index contributed by atoms with van der Waals surface area (Å²) in [6.07, 6.45) is 3.56. The van der Waals surface area contributed by atoms with Gasteiger partial charge in [-0.25, -0.2) is 15.8 Å². The average Bonchev–Trinajstić information content (AvgIpc) is 3.32. The Morgan fingerprint density at radius 3 is 2.48 bits per heavy atom. The number of likely N-dealkylation sites (N-methyl/N-ethyl adjacent to an activating group) is 1. The highest BCUT2D eigenvalue weighted by Gasteiger charge is 2.28. The molecule has 1 fully saturated rings. The molecule has 0 aliphatic heterocycles. The number of nitrogens with zero attached hydrogens (tertiary/aromatic N) is 3. The first kappa shape index (κ1) is 16.0. The quantitative estimate of drug-likeness (QED) is 0.478. The monoisotopic (exact) mass is 292 g/mol. The largest absolute Gasteiger partial charge is 0.368 e. The molecule has 1 aromatic rings. The van der Waals surface area contributed by atoms with Gasteiger partial charge in [0.05, 0.1) is 0 Å². The minimum Gasteiger partial charge on any atom is -0.368 e. The molecule has 1 aliphatic rings. The fourth-order valence-corrected chi connectivity index (χ4v) is 2.45. The molecule has 6 nitrogen and oxygen atoms in total. The normalized spacial score (nSPS) is 14.5. The maximum absolute atomic E-state index is 5.57. The van der Waals surface area contributed by atoms with Gasteiger partial charge < -0.3 is 15.6 Å². The molecule has 0 unspecified atom stereocenters. The Bertz CT molecular complexity index is 458. The first-order valence-corrected chi connectivity index (χ1v) is 8.00. The fraction of sp³-hybridized carbons (Fsp3) is 0.733. The molecular weight excluding hydrogens is 264 g/mol. The maximum atomic E-state index is 5.57. The Hall–Kier alpha value is -1.40. The molecule has 0 atom stereocenters. The lowest BCUT2D eigenvalue weighted by atomic mass is 10.2. The fourth-order valence-electron chi connectivity index (χ4n) is 2.45. The van der Waals surface area contributed by atoms with E-state index >= 15 is 0 Å². The number of hydrogen-bond donors (Lipinski definition) is 3. The summed E-state index contributed by atoms with van der Waals surface area (Å²) in [7, 11) is 0. The molecule has 1 saturated carbocycles. The zero-order valence-electron chi connectivity index (χ0n) is 13.4. The zero-order valence-corrected chi connectivity index (χ0v) is 13.4. The van der Waals surface area contributed by atoms with E-state index in [-0.39, 0.29) is 0 Å². The minimum atomic E-state index is 0.519. The molecule has 0 bridgehead atoms.